The smallest absolute Gasteiger partial charge is 0.328 e. The lowest BCUT2D eigenvalue weighted by molar-refractivity contribution is -0.137. The van der Waals surface area contributed by atoms with E-state index < -0.39 is 23.8 Å². The molecule has 0 unspecified atom stereocenters. The predicted octanol–water partition coefficient (Wildman–Crippen LogP) is -0.119. The molecule has 2 rings (SSSR count). The van der Waals surface area contributed by atoms with Gasteiger partial charge in [-0.1, -0.05) is 0 Å². The van der Waals surface area contributed by atoms with E-state index in [0.717, 1.165) is 10.8 Å². The quantitative estimate of drug-likeness (QED) is 0.772. The summed E-state index contributed by atoms with van der Waals surface area (Å²) in [4.78, 5) is 35.4. The van der Waals surface area contributed by atoms with E-state index in [4.69, 9.17) is 9.52 Å². The monoisotopic (exact) mass is 236 g/mol. The minimum atomic E-state index is -1.18. The second-order valence-electron chi connectivity index (χ2n) is 3.30. The molecule has 2 aromatic heterocycles. The Morgan fingerprint density at radius 2 is 2.24 bits per heavy atom. The van der Waals surface area contributed by atoms with Crippen LogP contribution in [0.25, 0.3) is 11.3 Å². The Balaban J connectivity index is 2.58. The van der Waals surface area contributed by atoms with Gasteiger partial charge in [0.05, 0.1) is 11.8 Å². The van der Waals surface area contributed by atoms with E-state index in [0.29, 0.717) is 0 Å². The predicted molar refractivity (Wildman–Crippen MR) is 56.7 cm³/mol. The van der Waals surface area contributed by atoms with Gasteiger partial charge in [0.15, 0.2) is 0 Å². The first-order chi connectivity index (χ1) is 8.08. The van der Waals surface area contributed by atoms with Crippen LogP contribution >= 0.6 is 0 Å². The number of aromatic amines is 1. The fourth-order valence-corrected chi connectivity index (χ4v) is 1.38. The Labute approximate surface area is 93.9 Å². The summed E-state index contributed by atoms with van der Waals surface area (Å²) in [7, 11) is 0. The fourth-order valence-electron chi connectivity index (χ4n) is 1.38. The van der Waals surface area contributed by atoms with Crippen molar-refractivity contribution < 1.29 is 14.3 Å². The molecule has 0 aliphatic carbocycles. The van der Waals surface area contributed by atoms with Crippen molar-refractivity contribution in [3.8, 4) is 11.3 Å². The minimum absolute atomic E-state index is 0.107. The number of furan rings is 1. The van der Waals surface area contributed by atoms with Gasteiger partial charge in [-0.2, -0.15) is 0 Å². The minimum Gasteiger partial charge on any atom is -0.480 e. The first-order valence-electron chi connectivity index (χ1n) is 4.67. The van der Waals surface area contributed by atoms with Crippen molar-refractivity contribution in [2.24, 2.45) is 0 Å². The molecule has 0 saturated carbocycles. The highest BCUT2D eigenvalue weighted by atomic mass is 16.4. The van der Waals surface area contributed by atoms with Crippen LogP contribution in [0.4, 0.5) is 0 Å². The summed E-state index contributed by atoms with van der Waals surface area (Å²) in [5.74, 6) is -0.907. The van der Waals surface area contributed by atoms with E-state index >= 15 is 0 Å². The molecule has 0 bridgehead atoms. The number of nitrogens with one attached hydrogen (secondary N) is 1. The summed E-state index contributed by atoms with van der Waals surface area (Å²) >= 11 is 0. The van der Waals surface area contributed by atoms with Crippen LogP contribution in [-0.2, 0) is 11.3 Å². The van der Waals surface area contributed by atoms with Gasteiger partial charge in [-0.05, 0) is 12.1 Å². The van der Waals surface area contributed by atoms with E-state index in [1.165, 1.54) is 6.26 Å². The van der Waals surface area contributed by atoms with Crippen LogP contribution in [0.1, 0.15) is 0 Å². The fraction of sp³-hybridized carbons (Fsp3) is 0.100. The molecule has 7 nitrogen and oxygen atoms in total. The maximum atomic E-state index is 11.5. The molecule has 2 heterocycles. The number of hydrogen-bond acceptors (Lipinski definition) is 4. The molecule has 0 atom stereocenters. The van der Waals surface area contributed by atoms with Gasteiger partial charge >= 0.3 is 11.7 Å². The molecule has 7 heteroatoms. The number of H-pyrrole nitrogens is 1. The summed E-state index contributed by atoms with van der Waals surface area (Å²) < 4.78 is 5.91. The summed E-state index contributed by atoms with van der Waals surface area (Å²) in [6.45, 7) is -0.524. The van der Waals surface area contributed by atoms with E-state index in [9.17, 15) is 14.4 Å². The SMILES string of the molecule is O=C(O)Cn1cc(-c2ccco2)c(=O)[nH]c1=O. The number of nitrogens with zero attached hydrogens (tertiary/aromatic N) is 1. The van der Waals surface area contributed by atoms with Crippen LogP contribution in [0.15, 0.2) is 38.6 Å². The summed E-state index contributed by atoms with van der Waals surface area (Å²) in [6, 6.07) is 3.13. The topological polar surface area (TPSA) is 105 Å². The lowest BCUT2D eigenvalue weighted by atomic mass is 10.2. The van der Waals surface area contributed by atoms with E-state index in [-0.39, 0.29) is 11.3 Å². The van der Waals surface area contributed by atoms with Crippen molar-refractivity contribution >= 4 is 5.97 Å². The van der Waals surface area contributed by atoms with E-state index in [1.807, 2.05) is 4.98 Å². The third-order valence-corrected chi connectivity index (χ3v) is 2.10. The molecule has 0 saturated heterocycles. The second-order valence-corrected chi connectivity index (χ2v) is 3.30. The molecule has 2 aromatic rings. The number of carboxylic acids is 1. The van der Waals surface area contributed by atoms with Crippen LogP contribution in [0, 0.1) is 0 Å². The molecular weight excluding hydrogens is 228 g/mol. The number of aromatic nitrogens is 2. The zero-order valence-corrected chi connectivity index (χ0v) is 8.54. The van der Waals surface area contributed by atoms with Crippen molar-refractivity contribution in [2.75, 3.05) is 0 Å². The Morgan fingerprint density at radius 1 is 1.47 bits per heavy atom. The number of carboxylic acid groups (broad SMARTS) is 1. The van der Waals surface area contributed by atoms with Gasteiger partial charge in [-0.15, -0.1) is 0 Å². The summed E-state index contributed by atoms with van der Waals surface area (Å²) in [5, 5.41) is 8.61. The number of rotatable bonds is 3. The number of hydrogen-bond donors (Lipinski definition) is 2. The maximum absolute atomic E-state index is 11.5. The van der Waals surface area contributed by atoms with Gasteiger partial charge in [0.1, 0.15) is 12.3 Å². The van der Waals surface area contributed by atoms with E-state index in [2.05, 4.69) is 0 Å². The number of aliphatic carboxylic acids is 1. The molecule has 0 aromatic carbocycles. The van der Waals surface area contributed by atoms with Crippen LogP contribution in [0.2, 0.25) is 0 Å². The van der Waals surface area contributed by atoms with Gasteiger partial charge in [0, 0.05) is 6.20 Å². The summed E-state index contributed by atoms with van der Waals surface area (Å²) in [6.07, 6.45) is 2.54. The lowest BCUT2D eigenvalue weighted by Crippen LogP contribution is -2.32. The standard InChI is InChI=1S/C10H8N2O5/c13-8(14)5-12-4-6(7-2-1-3-17-7)9(15)11-10(12)16/h1-4H,5H2,(H,13,14)(H,11,15,16). The van der Waals surface area contributed by atoms with Crippen LogP contribution in [0.5, 0.6) is 0 Å². The van der Waals surface area contributed by atoms with Crippen molar-refractivity contribution in [3.05, 3.63) is 45.4 Å². The van der Waals surface area contributed by atoms with Gasteiger partial charge in [-0.3, -0.25) is 19.1 Å². The number of carbonyl (C=O) groups is 1. The molecule has 0 radical (unpaired) electrons. The third-order valence-electron chi connectivity index (χ3n) is 2.10. The van der Waals surface area contributed by atoms with Crippen molar-refractivity contribution in [2.45, 2.75) is 6.54 Å². The van der Waals surface area contributed by atoms with Crippen molar-refractivity contribution in [1.29, 1.82) is 0 Å². The molecule has 17 heavy (non-hydrogen) atoms. The third kappa shape index (κ3) is 2.17. The molecule has 0 fully saturated rings. The molecule has 0 aliphatic rings. The van der Waals surface area contributed by atoms with E-state index in [1.54, 1.807) is 12.1 Å². The molecule has 88 valence electrons. The van der Waals surface area contributed by atoms with Crippen molar-refractivity contribution in [3.63, 3.8) is 0 Å². The maximum Gasteiger partial charge on any atom is 0.328 e. The van der Waals surface area contributed by atoms with Gasteiger partial charge in [0.2, 0.25) is 0 Å². The Morgan fingerprint density at radius 3 is 2.82 bits per heavy atom. The lowest BCUT2D eigenvalue weighted by Gasteiger charge is -2.02. The first-order valence-corrected chi connectivity index (χ1v) is 4.67. The molecule has 0 aliphatic heterocycles. The Hall–Kier alpha value is -2.57. The van der Waals surface area contributed by atoms with Gasteiger partial charge < -0.3 is 9.52 Å². The summed E-state index contributed by atoms with van der Waals surface area (Å²) in [5.41, 5.74) is -1.28. The first kappa shape index (κ1) is 10.9. The zero-order chi connectivity index (χ0) is 12.4. The Kier molecular flexibility index (Phi) is 2.65. The van der Waals surface area contributed by atoms with Crippen molar-refractivity contribution in [1.82, 2.24) is 9.55 Å². The molecule has 0 spiro atoms. The van der Waals surface area contributed by atoms with Crippen LogP contribution < -0.4 is 11.2 Å². The average Bonchev–Trinajstić information content (AvgIpc) is 2.74. The van der Waals surface area contributed by atoms with Crippen LogP contribution in [-0.4, -0.2) is 20.6 Å². The highest BCUT2D eigenvalue weighted by Crippen LogP contribution is 2.13. The normalized spacial score (nSPS) is 10.4. The van der Waals surface area contributed by atoms with Crippen LogP contribution in [0.3, 0.4) is 0 Å². The molecule has 2 N–H and O–H groups in total. The highest BCUT2D eigenvalue weighted by molar-refractivity contribution is 5.66. The molecule has 0 amide bonds. The molecular formula is C10H8N2O5. The largest absolute Gasteiger partial charge is 0.480 e. The average molecular weight is 236 g/mol. The zero-order valence-electron chi connectivity index (χ0n) is 8.54. The van der Waals surface area contributed by atoms with Gasteiger partial charge in [0.25, 0.3) is 5.56 Å². The van der Waals surface area contributed by atoms with Gasteiger partial charge in [-0.25, -0.2) is 4.79 Å². The Bertz CT molecular complexity index is 650. The second kappa shape index (κ2) is 4.12. The highest BCUT2D eigenvalue weighted by Gasteiger charge is 2.10.